The third-order valence-corrected chi connectivity index (χ3v) is 3.79. The second-order valence-electron chi connectivity index (χ2n) is 3.89. The normalized spacial score (nSPS) is 9.95. The van der Waals surface area contributed by atoms with Crippen molar-refractivity contribution in [3.05, 3.63) is 57.8 Å². The van der Waals surface area contributed by atoms with Gasteiger partial charge in [-0.1, -0.05) is 25.1 Å². The lowest BCUT2D eigenvalue weighted by molar-refractivity contribution is 0.0849. The molecular formula is C14H14N2O2S. The summed E-state index contributed by atoms with van der Waals surface area (Å²) < 4.78 is 0. The van der Waals surface area contributed by atoms with Crippen LogP contribution in [0.5, 0.6) is 0 Å². The van der Waals surface area contributed by atoms with Gasteiger partial charge in [0.25, 0.3) is 11.8 Å². The molecule has 2 rings (SSSR count). The molecule has 0 bridgehead atoms. The molecule has 4 nitrogen and oxygen atoms in total. The highest BCUT2D eigenvalue weighted by molar-refractivity contribution is 7.14. The zero-order valence-corrected chi connectivity index (χ0v) is 11.3. The lowest BCUT2D eigenvalue weighted by Crippen LogP contribution is -2.41. The van der Waals surface area contributed by atoms with E-state index >= 15 is 0 Å². The number of benzene rings is 1. The van der Waals surface area contributed by atoms with Crippen LogP contribution in [0.15, 0.2) is 42.5 Å². The molecule has 0 spiro atoms. The van der Waals surface area contributed by atoms with Crippen molar-refractivity contribution in [1.29, 1.82) is 0 Å². The van der Waals surface area contributed by atoms with Crippen molar-refractivity contribution in [3.8, 4) is 0 Å². The quantitative estimate of drug-likeness (QED) is 0.844. The third kappa shape index (κ3) is 3.42. The van der Waals surface area contributed by atoms with Crippen molar-refractivity contribution in [2.24, 2.45) is 0 Å². The van der Waals surface area contributed by atoms with Gasteiger partial charge in [-0.3, -0.25) is 20.4 Å². The first-order chi connectivity index (χ1) is 9.20. The van der Waals surface area contributed by atoms with Crippen LogP contribution >= 0.6 is 11.3 Å². The molecule has 19 heavy (non-hydrogen) atoms. The van der Waals surface area contributed by atoms with Gasteiger partial charge in [-0.25, -0.2) is 0 Å². The number of carbonyl (C=O) groups excluding carboxylic acids is 2. The van der Waals surface area contributed by atoms with Crippen molar-refractivity contribution in [3.63, 3.8) is 0 Å². The first-order valence-corrected chi connectivity index (χ1v) is 6.77. The van der Waals surface area contributed by atoms with Crippen LogP contribution in [0, 0.1) is 0 Å². The molecule has 1 aromatic carbocycles. The van der Waals surface area contributed by atoms with Gasteiger partial charge in [0.1, 0.15) is 0 Å². The van der Waals surface area contributed by atoms with Crippen molar-refractivity contribution in [2.45, 2.75) is 13.3 Å². The van der Waals surface area contributed by atoms with Crippen LogP contribution in [0.25, 0.3) is 0 Å². The zero-order chi connectivity index (χ0) is 13.7. The number of hydrogen-bond acceptors (Lipinski definition) is 3. The SMILES string of the molecule is CCc1ccc(C(=O)NNC(=O)c2ccccc2)s1. The number of carbonyl (C=O) groups is 2. The highest BCUT2D eigenvalue weighted by Gasteiger charge is 2.10. The molecule has 0 aliphatic rings. The number of aryl methyl sites for hydroxylation is 1. The second kappa shape index (κ2) is 6.15. The maximum atomic E-state index is 11.8. The molecule has 0 aliphatic carbocycles. The molecule has 1 aromatic heterocycles. The summed E-state index contributed by atoms with van der Waals surface area (Å²) in [4.78, 5) is 25.2. The van der Waals surface area contributed by atoms with E-state index in [1.54, 1.807) is 30.3 Å². The number of thiophene rings is 1. The molecule has 2 aromatic rings. The molecular weight excluding hydrogens is 260 g/mol. The summed E-state index contributed by atoms with van der Waals surface area (Å²) in [5.74, 6) is -0.629. The summed E-state index contributed by atoms with van der Waals surface area (Å²) in [6, 6.07) is 12.4. The van der Waals surface area contributed by atoms with Crippen LogP contribution in [-0.2, 0) is 6.42 Å². The number of nitrogens with one attached hydrogen (secondary N) is 2. The van der Waals surface area contributed by atoms with Crippen molar-refractivity contribution in [1.82, 2.24) is 10.9 Å². The fourth-order valence-electron chi connectivity index (χ4n) is 1.53. The first kappa shape index (κ1) is 13.3. The van der Waals surface area contributed by atoms with Gasteiger partial charge < -0.3 is 0 Å². The van der Waals surface area contributed by atoms with E-state index in [2.05, 4.69) is 10.9 Å². The Morgan fingerprint density at radius 3 is 2.32 bits per heavy atom. The van der Waals surface area contributed by atoms with E-state index in [0.717, 1.165) is 11.3 Å². The molecule has 0 atom stereocenters. The zero-order valence-electron chi connectivity index (χ0n) is 10.5. The van der Waals surface area contributed by atoms with E-state index in [4.69, 9.17) is 0 Å². The fraction of sp³-hybridized carbons (Fsp3) is 0.143. The van der Waals surface area contributed by atoms with E-state index < -0.39 is 0 Å². The number of hydrazine groups is 1. The molecule has 5 heteroatoms. The van der Waals surface area contributed by atoms with Gasteiger partial charge in [0.2, 0.25) is 0 Å². The smallest absolute Gasteiger partial charge is 0.267 e. The summed E-state index contributed by atoms with van der Waals surface area (Å²) in [6.45, 7) is 2.03. The molecule has 0 fully saturated rings. The van der Waals surface area contributed by atoms with Gasteiger partial charge in [-0.2, -0.15) is 0 Å². The van der Waals surface area contributed by atoms with E-state index in [-0.39, 0.29) is 11.8 Å². The van der Waals surface area contributed by atoms with Crippen LogP contribution in [0.2, 0.25) is 0 Å². The molecule has 0 saturated carbocycles. The van der Waals surface area contributed by atoms with Crippen molar-refractivity contribution in [2.75, 3.05) is 0 Å². The summed E-state index contributed by atoms with van der Waals surface area (Å²) in [6.07, 6.45) is 0.897. The van der Waals surface area contributed by atoms with Crippen molar-refractivity contribution < 1.29 is 9.59 Å². The predicted molar refractivity (Wildman–Crippen MR) is 75.1 cm³/mol. The minimum absolute atomic E-state index is 0.297. The molecule has 0 saturated heterocycles. The minimum atomic E-state index is -0.332. The minimum Gasteiger partial charge on any atom is -0.267 e. The van der Waals surface area contributed by atoms with E-state index in [1.807, 2.05) is 19.1 Å². The van der Waals surface area contributed by atoms with Gasteiger partial charge in [0.15, 0.2) is 0 Å². The molecule has 98 valence electrons. The number of amides is 2. The van der Waals surface area contributed by atoms with Gasteiger partial charge in [0, 0.05) is 10.4 Å². The molecule has 0 aliphatic heterocycles. The molecule has 0 unspecified atom stereocenters. The molecule has 0 radical (unpaired) electrons. The third-order valence-electron chi connectivity index (χ3n) is 2.56. The van der Waals surface area contributed by atoms with Gasteiger partial charge in [0.05, 0.1) is 4.88 Å². The lowest BCUT2D eigenvalue weighted by atomic mass is 10.2. The van der Waals surface area contributed by atoms with Gasteiger partial charge in [-0.05, 0) is 30.7 Å². The monoisotopic (exact) mass is 274 g/mol. The van der Waals surface area contributed by atoms with E-state index in [9.17, 15) is 9.59 Å². The Kier molecular flexibility index (Phi) is 4.30. The first-order valence-electron chi connectivity index (χ1n) is 5.95. The molecule has 2 N–H and O–H groups in total. The highest BCUT2D eigenvalue weighted by Crippen LogP contribution is 2.16. The van der Waals surface area contributed by atoms with Gasteiger partial charge >= 0.3 is 0 Å². The average molecular weight is 274 g/mol. The average Bonchev–Trinajstić information content (AvgIpc) is 2.94. The predicted octanol–water partition coefficient (Wildman–Crippen LogP) is 2.39. The largest absolute Gasteiger partial charge is 0.279 e. The Morgan fingerprint density at radius 2 is 1.68 bits per heavy atom. The Labute approximate surface area is 115 Å². The summed E-state index contributed by atoms with van der Waals surface area (Å²) in [5, 5.41) is 0. The summed E-state index contributed by atoms with van der Waals surface area (Å²) in [5.41, 5.74) is 5.30. The van der Waals surface area contributed by atoms with Crippen LogP contribution in [-0.4, -0.2) is 11.8 Å². The Balaban J connectivity index is 1.92. The Bertz CT molecular complexity index is 578. The molecule has 1 heterocycles. The topological polar surface area (TPSA) is 58.2 Å². The van der Waals surface area contributed by atoms with E-state index in [0.29, 0.717) is 10.4 Å². The summed E-state index contributed by atoms with van der Waals surface area (Å²) >= 11 is 1.43. The Morgan fingerprint density at radius 1 is 1.00 bits per heavy atom. The number of hydrogen-bond donors (Lipinski definition) is 2. The lowest BCUT2D eigenvalue weighted by Gasteiger charge is -2.05. The van der Waals surface area contributed by atoms with Crippen LogP contribution in [0.4, 0.5) is 0 Å². The Hall–Kier alpha value is -2.14. The van der Waals surface area contributed by atoms with Crippen molar-refractivity contribution >= 4 is 23.2 Å². The van der Waals surface area contributed by atoms with Crippen LogP contribution in [0.1, 0.15) is 31.8 Å². The summed E-state index contributed by atoms with van der Waals surface area (Å²) in [7, 11) is 0. The standard InChI is InChI=1S/C14H14N2O2S/c1-2-11-8-9-12(19-11)14(18)16-15-13(17)10-6-4-3-5-7-10/h3-9H,2H2,1H3,(H,15,17)(H,16,18). The second-order valence-corrected chi connectivity index (χ2v) is 5.06. The van der Waals surface area contributed by atoms with Crippen LogP contribution in [0.3, 0.4) is 0 Å². The van der Waals surface area contributed by atoms with E-state index in [1.165, 1.54) is 11.3 Å². The highest BCUT2D eigenvalue weighted by atomic mass is 32.1. The molecule has 2 amide bonds. The fourth-order valence-corrected chi connectivity index (χ4v) is 2.37. The number of rotatable bonds is 3. The maximum absolute atomic E-state index is 11.8. The van der Waals surface area contributed by atoms with Crippen LogP contribution < -0.4 is 10.9 Å². The van der Waals surface area contributed by atoms with Gasteiger partial charge in [-0.15, -0.1) is 11.3 Å². The maximum Gasteiger partial charge on any atom is 0.279 e.